The van der Waals surface area contributed by atoms with Crippen molar-refractivity contribution >= 4 is 17.7 Å². The zero-order valence-corrected chi connectivity index (χ0v) is 10.3. The van der Waals surface area contributed by atoms with Gasteiger partial charge in [0.1, 0.15) is 0 Å². The molecule has 0 bridgehead atoms. The van der Waals surface area contributed by atoms with E-state index in [1.54, 1.807) is 18.9 Å². The molecule has 0 amide bonds. The Labute approximate surface area is 90.7 Å². The molecular weight excluding hydrogens is 198 g/mol. The van der Waals surface area contributed by atoms with Crippen LogP contribution in [0, 0.1) is 0 Å². The lowest BCUT2D eigenvalue weighted by Gasteiger charge is -2.19. The number of guanidine groups is 1. The van der Waals surface area contributed by atoms with Crippen molar-refractivity contribution in [2.75, 3.05) is 33.1 Å². The van der Waals surface area contributed by atoms with E-state index in [1.165, 1.54) is 0 Å². The fourth-order valence-electron chi connectivity index (χ4n) is 0.677. The van der Waals surface area contributed by atoms with Crippen molar-refractivity contribution in [1.29, 1.82) is 0 Å². The predicted molar refractivity (Wildman–Crippen MR) is 64.0 cm³/mol. The molecule has 0 heterocycles. The lowest BCUT2D eigenvalue weighted by atomic mass is 10.2. The van der Waals surface area contributed by atoms with E-state index < -0.39 is 0 Å². The smallest absolute Gasteiger partial charge is 0.188 e. The second-order valence-corrected chi connectivity index (χ2v) is 5.10. The Kier molecular flexibility index (Phi) is 6.74. The molecule has 0 rings (SSSR count). The minimum absolute atomic E-state index is 0.146. The maximum absolute atomic E-state index is 5.65. The average molecular weight is 219 g/mol. The number of rotatable bonds is 6. The van der Waals surface area contributed by atoms with E-state index in [-0.39, 0.29) is 4.75 Å². The van der Waals surface area contributed by atoms with E-state index in [2.05, 4.69) is 30.4 Å². The molecule has 0 fully saturated rings. The first-order chi connectivity index (χ1) is 6.52. The molecule has 0 aromatic rings. The summed E-state index contributed by atoms with van der Waals surface area (Å²) in [6, 6.07) is 0. The minimum Gasteiger partial charge on any atom is -0.383 e. The Hall–Kier alpha value is -0.420. The first kappa shape index (κ1) is 13.6. The molecule has 3 N–H and O–H groups in total. The highest BCUT2D eigenvalue weighted by Gasteiger charge is 2.14. The third-order valence-electron chi connectivity index (χ3n) is 1.80. The summed E-state index contributed by atoms with van der Waals surface area (Å²) in [5.74, 6) is 0.490. The number of methoxy groups -OCH3 is 1. The van der Waals surface area contributed by atoms with Gasteiger partial charge in [0.05, 0.1) is 13.2 Å². The number of aliphatic imine (C=N–C) groups is 1. The summed E-state index contributed by atoms with van der Waals surface area (Å²) >= 11 is 1.78. The van der Waals surface area contributed by atoms with Crippen LogP contribution in [0.15, 0.2) is 4.99 Å². The Morgan fingerprint density at radius 2 is 2.21 bits per heavy atom. The molecule has 0 aliphatic heterocycles. The molecule has 0 atom stereocenters. The van der Waals surface area contributed by atoms with Crippen molar-refractivity contribution in [3.05, 3.63) is 0 Å². The monoisotopic (exact) mass is 219 g/mol. The second kappa shape index (κ2) is 6.95. The SMILES string of the molecule is COCCNC(N)=NCC(C)(C)SC. The van der Waals surface area contributed by atoms with Gasteiger partial charge in [0.15, 0.2) is 5.96 Å². The van der Waals surface area contributed by atoms with Gasteiger partial charge in [-0.3, -0.25) is 4.99 Å². The van der Waals surface area contributed by atoms with Crippen LogP contribution in [0.1, 0.15) is 13.8 Å². The summed E-state index contributed by atoms with van der Waals surface area (Å²) in [6.45, 7) is 6.35. The fourth-order valence-corrected chi connectivity index (χ4v) is 0.871. The molecule has 0 saturated heterocycles. The predicted octanol–water partition coefficient (Wildman–Crippen LogP) is 0.679. The van der Waals surface area contributed by atoms with Crippen LogP contribution in [-0.4, -0.2) is 43.8 Å². The molecule has 0 unspecified atom stereocenters. The molecule has 0 saturated carbocycles. The maximum Gasteiger partial charge on any atom is 0.188 e. The zero-order chi connectivity index (χ0) is 11.0. The molecule has 0 radical (unpaired) electrons. The highest BCUT2D eigenvalue weighted by molar-refractivity contribution is 7.99. The average Bonchev–Trinajstić information content (AvgIpc) is 2.16. The molecule has 0 spiro atoms. The van der Waals surface area contributed by atoms with Crippen molar-refractivity contribution in [2.45, 2.75) is 18.6 Å². The Morgan fingerprint density at radius 1 is 1.57 bits per heavy atom. The summed E-state index contributed by atoms with van der Waals surface area (Å²) in [6.07, 6.45) is 2.07. The molecule has 0 aromatic heterocycles. The van der Waals surface area contributed by atoms with Crippen LogP contribution in [0.25, 0.3) is 0 Å². The lowest BCUT2D eigenvalue weighted by molar-refractivity contribution is 0.204. The molecule has 5 heteroatoms. The van der Waals surface area contributed by atoms with E-state index >= 15 is 0 Å². The van der Waals surface area contributed by atoms with E-state index in [0.29, 0.717) is 19.1 Å². The first-order valence-electron chi connectivity index (χ1n) is 4.59. The lowest BCUT2D eigenvalue weighted by Crippen LogP contribution is -2.35. The summed E-state index contributed by atoms with van der Waals surface area (Å²) in [7, 11) is 1.66. The van der Waals surface area contributed by atoms with Gasteiger partial charge in [0, 0.05) is 18.4 Å². The number of ether oxygens (including phenoxy) is 1. The van der Waals surface area contributed by atoms with Crippen molar-refractivity contribution in [3.63, 3.8) is 0 Å². The van der Waals surface area contributed by atoms with Gasteiger partial charge in [-0.1, -0.05) is 0 Å². The minimum atomic E-state index is 0.146. The number of hydrogen-bond donors (Lipinski definition) is 2. The Morgan fingerprint density at radius 3 is 2.71 bits per heavy atom. The van der Waals surface area contributed by atoms with Crippen LogP contribution in [0.5, 0.6) is 0 Å². The Bertz CT molecular complexity index is 183. The zero-order valence-electron chi connectivity index (χ0n) is 9.46. The van der Waals surface area contributed by atoms with Crippen LogP contribution in [-0.2, 0) is 4.74 Å². The fraction of sp³-hybridized carbons (Fsp3) is 0.889. The summed E-state index contributed by atoms with van der Waals surface area (Å²) in [5, 5.41) is 2.97. The molecule has 0 aromatic carbocycles. The van der Waals surface area contributed by atoms with Gasteiger partial charge in [0.25, 0.3) is 0 Å². The van der Waals surface area contributed by atoms with Crippen LogP contribution in [0.3, 0.4) is 0 Å². The largest absolute Gasteiger partial charge is 0.383 e. The van der Waals surface area contributed by atoms with Gasteiger partial charge in [-0.05, 0) is 20.1 Å². The summed E-state index contributed by atoms with van der Waals surface area (Å²) in [5.41, 5.74) is 5.65. The quantitative estimate of drug-likeness (QED) is 0.392. The van der Waals surface area contributed by atoms with Gasteiger partial charge in [-0.25, -0.2) is 0 Å². The number of thioether (sulfide) groups is 1. The van der Waals surface area contributed by atoms with Gasteiger partial charge >= 0.3 is 0 Å². The van der Waals surface area contributed by atoms with Crippen molar-refractivity contribution < 1.29 is 4.74 Å². The number of nitrogens with one attached hydrogen (secondary N) is 1. The molecular formula is C9H21N3OS. The van der Waals surface area contributed by atoms with Crippen LogP contribution < -0.4 is 11.1 Å². The molecule has 0 aliphatic rings. The van der Waals surface area contributed by atoms with Gasteiger partial charge in [-0.15, -0.1) is 0 Å². The van der Waals surface area contributed by atoms with Crippen LogP contribution in [0.4, 0.5) is 0 Å². The number of nitrogens with two attached hydrogens (primary N) is 1. The third-order valence-corrected chi connectivity index (χ3v) is 3.03. The standard InChI is InChI=1S/C9H21N3OS/c1-9(2,14-4)7-12-8(10)11-5-6-13-3/h5-7H2,1-4H3,(H3,10,11,12). The second-order valence-electron chi connectivity index (χ2n) is 3.58. The number of nitrogens with zero attached hydrogens (tertiary/aromatic N) is 1. The molecule has 4 nitrogen and oxygen atoms in total. The van der Waals surface area contributed by atoms with Crippen molar-refractivity contribution in [3.8, 4) is 0 Å². The van der Waals surface area contributed by atoms with E-state index in [4.69, 9.17) is 10.5 Å². The summed E-state index contributed by atoms with van der Waals surface area (Å²) in [4.78, 5) is 4.25. The molecule has 0 aliphatic carbocycles. The third kappa shape index (κ3) is 7.03. The van der Waals surface area contributed by atoms with Crippen molar-refractivity contribution in [2.24, 2.45) is 10.7 Å². The first-order valence-corrected chi connectivity index (χ1v) is 5.82. The van der Waals surface area contributed by atoms with E-state index in [9.17, 15) is 0 Å². The number of hydrogen-bond acceptors (Lipinski definition) is 3. The normalized spacial score (nSPS) is 13.0. The molecule has 84 valence electrons. The van der Waals surface area contributed by atoms with E-state index in [0.717, 1.165) is 6.54 Å². The van der Waals surface area contributed by atoms with E-state index in [1.807, 2.05) is 0 Å². The highest BCUT2D eigenvalue weighted by atomic mass is 32.2. The van der Waals surface area contributed by atoms with Crippen molar-refractivity contribution in [1.82, 2.24) is 5.32 Å². The summed E-state index contributed by atoms with van der Waals surface area (Å²) < 4.78 is 5.03. The van der Waals surface area contributed by atoms with Crippen LogP contribution in [0.2, 0.25) is 0 Å². The molecule has 14 heavy (non-hydrogen) atoms. The van der Waals surface area contributed by atoms with Gasteiger partial charge in [-0.2, -0.15) is 11.8 Å². The maximum atomic E-state index is 5.65. The van der Waals surface area contributed by atoms with Crippen LogP contribution >= 0.6 is 11.8 Å². The van der Waals surface area contributed by atoms with Gasteiger partial charge < -0.3 is 15.8 Å². The highest BCUT2D eigenvalue weighted by Crippen LogP contribution is 2.20. The topological polar surface area (TPSA) is 59.6 Å². The Balaban J connectivity index is 3.76. The van der Waals surface area contributed by atoms with Gasteiger partial charge in [0.2, 0.25) is 0 Å².